The van der Waals surface area contributed by atoms with Gasteiger partial charge in [-0.15, -0.1) is 0 Å². The van der Waals surface area contributed by atoms with Gasteiger partial charge in [0.2, 0.25) is 0 Å². The third kappa shape index (κ3) is 3.64. The van der Waals surface area contributed by atoms with E-state index in [1.165, 1.54) is 0 Å². The summed E-state index contributed by atoms with van der Waals surface area (Å²) < 4.78 is 11.8. The highest BCUT2D eigenvalue weighted by molar-refractivity contribution is 9.10. The Morgan fingerprint density at radius 3 is 2.55 bits per heavy atom. The van der Waals surface area contributed by atoms with Gasteiger partial charge in [0.25, 0.3) is 0 Å². The molecule has 2 heterocycles. The van der Waals surface area contributed by atoms with Crippen LogP contribution in [0.2, 0.25) is 0 Å². The number of benzene rings is 1. The molecule has 1 aromatic rings. The number of hydrogen-bond acceptors (Lipinski definition) is 4. The Hall–Kier alpha value is -1.47. The Morgan fingerprint density at radius 1 is 1.23 bits per heavy atom. The molecule has 2 amide bonds. The minimum Gasteiger partial charge on any atom is -0.486 e. The Labute approximate surface area is 138 Å². The van der Waals surface area contributed by atoms with Crippen molar-refractivity contribution >= 4 is 27.6 Å². The van der Waals surface area contributed by atoms with Crippen molar-refractivity contribution in [1.29, 1.82) is 0 Å². The summed E-state index contributed by atoms with van der Waals surface area (Å²) in [5, 5.41) is 5.90. The molecule has 2 N–H and O–H groups in total. The number of amides is 2. The number of nitrogens with zero attached hydrogens (tertiary/aromatic N) is 1. The standard InChI is InChI=1S/C15H20BrN3O3/c1-19-4-2-10(3-5-19)17-15(20)18-12-9-14-13(8-11(12)16)21-6-7-22-14/h8-10H,2-7H2,1H3,(H2,17,18,20). The van der Waals surface area contributed by atoms with E-state index >= 15 is 0 Å². The molecule has 2 aliphatic rings. The van der Waals surface area contributed by atoms with Gasteiger partial charge in [-0.1, -0.05) is 0 Å². The Balaban J connectivity index is 1.61. The second-order valence-corrected chi connectivity index (χ2v) is 6.51. The molecular weight excluding hydrogens is 350 g/mol. The van der Waals surface area contributed by atoms with Gasteiger partial charge in [0.15, 0.2) is 11.5 Å². The van der Waals surface area contributed by atoms with Crippen molar-refractivity contribution in [3.8, 4) is 11.5 Å². The quantitative estimate of drug-likeness (QED) is 0.840. The van der Waals surface area contributed by atoms with Gasteiger partial charge in [0.05, 0.1) is 5.69 Å². The zero-order valence-electron chi connectivity index (χ0n) is 12.5. The third-order valence-electron chi connectivity index (χ3n) is 3.93. The van der Waals surface area contributed by atoms with Gasteiger partial charge < -0.3 is 25.0 Å². The molecule has 1 saturated heterocycles. The van der Waals surface area contributed by atoms with Crippen LogP contribution in [-0.2, 0) is 0 Å². The summed E-state index contributed by atoms with van der Waals surface area (Å²) in [5.74, 6) is 1.35. The molecule has 0 aliphatic carbocycles. The van der Waals surface area contributed by atoms with E-state index < -0.39 is 0 Å². The Morgan fingerprint density at radius 2 is 1.86 bits per heavy atom. The predicted molar refractivity (Wildman–Crippen MR) is 87.8 cm³/mol. The number of urea groups is 1. The van der Waals surface area contributed by atoms with E-state index in [0.29, 0.717) is 30.4 Å². The SMILES string of the molecule is CN1CCC(NC(=O)Nc2cc3c(cc2Br)OCCO3)CC1. The summed E-state index contributed by atoms with van der Waals surface area (Å²) >= 11 is 3.45. The topological polar surface area (TPSA) is 62.8 Å². The summed E-state index contributed by atoms with van der Waals surface area (Å²) in [6.45, 7) is 3.09. The number of ether oxygens (including phenoxy) is 2. The Bertz CT molecular complexity index is 559. The van der Waals surface area contributed by atoms with Gasteiger partial charge in [-0.3, -0.25) is 0 Å². The van der Waals surface area contributed by atoms with Crippen molar-refractivity contribution in [2.24, 2.45) is 0 Å². The second kappa shape index (κ2) is 6.75. The molecule has 0 saturated carbocycles. The van der Waals surface area contributed by atoms with Crippen LogP contribution in [0.3, 0.4) is 0 Å². The summed E-state index contributed by atoms with van der Waals surface area (Å²) in [6.07, 6.45) is 1.96. The molecule has 7 heteroatoms. The van der Waals surface area contributed by atoms with Crippen molar-refractivity contribution in [2.75, 3.05) is 38.7 Å². The van der Waals surface area contributed by atoms with E-state index in [0.717, 1.165) is 30.4 Å². The lowest BCUT2D eigenvalue weighted by Crippen LogP contribution is -2.44. The third-order valence-corrected chi connectivity index (χ3v) is 4.59. The van der Waals surface area contributed by atoms with Crippen LogP contribution in [0.5, 0.6) is 11.5 Å². The van der Waals surface area contributed by atoms with Gasteiger partial charge in [0, 0.05) is 22.6 Å². The number of likely N-dealkylation sites (tertiary alicyclic amines) is 1. The van der Waals surface area contributed by atoms with Gasteiger partial charge in [-0.05, 0) is 48.9 Å². The van der Waals surface area contributed by atoms with Crippen LogP contribution >= 0.6 is 15.9 Å². The lowest BCUT2D eigenvalue weighted by molar-refractivity contribution is 0.171. The highest BCUT2D eigenvalue weighted by Crippen LogP contribution is 2.38. The van der Waals surface area contributed by atoms with Gasteiger partial charge in [-0.2, -0.15) is 0 Å². The molecule has 0 atom stereocenters. The molecule has 0 unspecified atom stereocenters. The van der Waals surface area contributed by atoms with E-state index in [-0.39, 0.29) is 12.1 Å². The number of nitrogens with one attached hydrogen (secondary N) is 2. The van der Waals surface area contributed by atoms with Crippen LogP contribution in [0.15, 0.2) is 16.6 Å². The number of halogens is 1. The van der Waals surface area contributed by atoms with Crippen molar-refractivity contribution in [1.82, 2.24) is 10.2 Å². The summed E-state index contributed by atoms with van der Waals surface area (Å²) in [6, 6.07) is 3.64. The molecule has 0 radical (unpaired) electrons. The maximum Gasteiger partial charge on any atom is 0.319 e. The second-order valence-electron chi connectivity index (χ2n) is 5.65. The first kappa shape index (κ1) is 15.4. The number of anilines is 1. The smallest absolute Gasteiger partial charge is 0.319 e. The number of piperidine rings is 1. The van der Waals surface area contributed by atoms with Gasteiger partial charge in [0.1, 0.15) is 13.2 Å². The number of fused-ring (bicyclic) bond motifs is 1. The number of carbonyl (C=O) groups is 1. The van der Waals surface area contributed by atoms with Crippen molar-refractivity contribution in [2.45, 2.75) is 18.9 Å². The molecule has 1 fully saturated rings. The van der Waals surface area contributed by atoms with Crippen LogP contribution < -0.4 is 20.1 Å². The first-order valence-electron chi connectivity index (χ1n) is 7.47. The normalized spacial score (nSPS) is 18.8. The molecule has 0 bridgehead atoms. The van der Waals surface area contributed by atoms with E-state index in [1.807, 2.05) is 6.07 Å². The Kier molecular flexibility index (Phi) is 4.73. The van der Waals surface area contributed by atoms with Crippen molar-refractivity contribution in [3.63, 3.8) is 0 Å². The molecule has 1 aromatic carbocycles. The molecule has 0 aromatic heterocycles. The number of rotatable bonds is 2. The molecule has 6 nitrogen and oxygen atoms in total. The number of carbonyl (C=O) groups excluding carboxylic acids is 1. The minimum absolute atomic E-state index is 0.188. The molecule has 120 valence electrons. The van der Waals surface area contributed by atoms with Crippen molar-refractivity contribution in [3.05, 3.63) is 16.6 Å². The molecule has 22 heavy (non-hydrogen) atoms. The highest BCUT2D eigenvalue weighted by atomic mass is 79.9. The van der Waals surface area contributed by atoms with E-state index in [9.17, 15) is 4.79 Å². The summed E-state index contributed by atoms with van der Waals surface area (Å²) in [4.78, 5) is 14.4. The highest BCUT2D eigenvalue weighted by Gasteiger charge is 2.20. The lowest BCUT2D eigenvalue weighted by Gasteiger charge is -2.29. The van der Waals surface area contributed by atoms with Crippen LogP contribution in [0.25, 0.3) is 0 Å². The number of hydrogen-bond donors (Lipinski definition) is 2. The maximum atomic E-state index is 12.2. The van der Waals surface area contributed by atoms with Crippen LogP contribution in [-0.4, -0.2) is 50.3 Å². The zero-order chi connectivity index (χ0) is 15.5. The molecule has 2 aliphatic heterocycles. The molecule has 0 spiro atoms. The fourth-order valence-electron chi connectivity index (χ4n) is 2.66. The molecular formula is C15H20BrN3O3. The fourth-order valence-corrected chi connectivity index (χ4v) is 3.08. The van der Waals surface area contributed by atoms with E-state index in [2.05, 4.69) is 38.5 Å². The summed E-state index contributed by atoms with van der Waals surface area (Å²) in [7, 11) is 2.10. The van der Waals surface area contributed by atoms with Crippen LogP contribution in [0.4, 0.5) is 10.5 Å². The fraction of sp³-hybridized carbons (Fsp3) is 0.533. The zero-order valence-corrected chi connectivity index (χ0v) is 14.1. The predicted octanol–water partition coefficient (Wildman–Crippen LogP) is 2.44. The summed E-state index contributed by atoms with van der Waals surface area (Å²) in [5.41, 5.74) is 0.676. The largest absolute Gasteiger partial charge is 0.486 e. The lowest BCUT2D eigenvalue weighted by atomic mass is 10.1. The first-order valence-corrected chi connectivity index (χ1v) is 8.26. The molecule has 3 rings (SSSR count). The van der Waals surface area contributed by atoms with E-state index in [4.69, 9.17) is 9.47 Å². The first-order chi connectivity index (χ1) is 10.6. The van der Waals surface area contributed by atoms with Crippen molar-refractivity contribution < 1.29 is 14.3 Å². The monoisotopic (exact) mass is 369 g/mol. The van der Waals surface area contributed by atoms with Gasteiger partial charge in [-0.25, -0.2) is 4.79 Å². The maximum absolute atomic E-state index is 12.2. The van der Waals surface area contributed by atoms with Gasteiger partial charge >= 0.3 is 6.03 Å². The van der Waals surface area contributed by atoms with Crippen LogP contribution in [0.1, 0.15) is 12.8 Å². The minimum atomic E-state index is -0.188. The van der Waals surface area contributed by atoms with Crippen LogP contribution in [0, 0.1) is 0 Å². The average Bonchev–Trinajstić information content (AvgIpc) is 2.50. The average molecular weight is 370 g/mol. The van der Waals surface area contributed by atoms with E-state index in [1.54, 1.807) is 6.07 Å².